The van der Waals surface area contributed by atoms with Gasteiger partial charge in [0.2, 0.25) is 0 Å². The van der Waals surface area contributed by atoms with E-state index in [0.717, 1.165) is 54.9 Å². The molecule has 9 rings (SSSR count). The number of carbonyl (C=O) groups excluding carboxylic acids is 2. The molecule has 2 aromatic heterocycles. The number of nitrogens with one attached hydrogen (secondary N) is 1. The molecule has 226 valence electrons. The van der Waals surface area contributed by atoms with Crippen molar-refractivity contribution < 1.29 is 24.5 Å². The molecule has 2 amide bonds. The summed E-state index contributed by atoms with van der Waals surface area (Å²) in [5.74, 6) is 0.142. The van der Waals surface area contributed by atoms with Crippen molar-refractivity contribution in [1.29, 1.82) is 0 Å². The topological polar surface area (TPSA) is 112 Å². The molecule has 0 aliphatic carbocycles. The third kappa shape index (κ3) is 3.78. The van der Waals surface area contributed by atoms with E-state index in [0.29, 0.717) is 38.3 Å². The largest absolute Gasteiger partial charge is 0.508 e. The standard InChI is InChI=1S/C35H31N5O5/c41-22-11-9-21(10-12-22)37-13-15-38(16-14-37)34(43)45-20-35(44)18-39-26-7-3-1-5-23(26)28-25-17-36-33(42)30(25)29-24-6-2-4-8-27(24)40(19-35)32(29)31(28)39/h1-12,41,44H,13-20H2,(H,36,42). The fraction of sp³-hybridized carbons (Fsp3) is 0.257. The van der Waals surface area contributed by atoms with Gasteiger partial charge in [-0.15, -0.1) is 0 Å². The number of anilines is 1. The van der Waals surface area contributed by atoms with Gasteiger partial charge in [0.05, 0.1) is 29.7 Å². The number of fused-ring (bicyclic) bond motifs is 9. The number of hydrogen-bond donors (Lipinski definition) is 3. The Morgan fingerprint density at radius 2 is 1.42 bits per heavy atom. The van der Waals surface area contributed by atoms with Crippen molar-refractivity contribution in [2.45, 2.75) is 25.2 Å². The van der Waals surface area contributed by atoms with Gasteiger partial charge in [0.1, 0.15) is 18.0 Å². The summed E-state index contributed by atoms with van der Waals surface area (Å²) in [4.78, 5) is 30.5. The van der Waals surface area contributed by atoms with Crippen LogP contribution in [0.4, 0.5) is 10.5 Å². The first-order valence-electron chi connectivity index (χ1n) is 15.3. The number of aromatic nitrogens is 2. The van der Waals surface area contributed by atoms with Crippen LogP contribution in [0.25, 0.3) is 43.6 Å². The number of amides is 2. The van der Waals surface area contributed by atoms with Crippen LogP contribution in [0.3, 0.4) is 0 Å². The number of aromatic hydroxyl groups is 1. The monoisotopic (exact) mass is 601 g/mol. The number of nitrogens with zero attached hydrogens (tertiary/aromatic N) is 4. The van der Waals surface area contributed by atoms with E-state index in [4.69, 9.17) is 4.74 Å². The minimum absolute atomic E-state index is 0.0782. The smallest absolute Gasteiger partial charge is 0.409 e. The zero-order chi connectivity index (χ0) is 30.4. The number of hydrogen-bond acceptors (Lipinski definition) is 6. The highest BCUT2D eigenvalue weighted by molar-refractivity contribution is 6.30. The van der Waals surface area contributed by atoms with Crippen molar-refractivity contribution in [2.24, 2.45) is 0 Å². The number of piperazine rings is 1. The summed E-state index contributed by atoms with van der Waals surface area (Å²) in [5.41, 5.74) is 5.08. The van der Waals surface area contributed by atoms with E-state index >= 15 is 0 Å². The highest BCUT2D eigenvalue weighted by Gasteiger charge is 2.40. The maximum absolute atomic E-state index is 13.3. The van der Waals surface area contributed by atoms with E-state index < -0.39 is 11.7 Å². The lowest BCUT2D eigenvalue weighted by atomic mass is 9.97. The quantitative estimate of drug-likeness (QED) is 0.274. The molecule has 0 saturated carbocycles. The van der Waals surface area contributed by atoms with Crippen LogP contribution in [0, 0.1) is 0 Å². The van der Waals surface area contributed by atoms with Gasteiger partial charge in [-0.2, -0.15) is 0 Å². The molecule has 0 spiro atoms. The minimum Gasteiger partial charge on any atom is -0.508 e. The maximum Gasteiger partial charge on any atom is 0.409 e. The molecule has 1 unspecified atom stereocenters. The molecule has 0 radical (unpaired) electrons. The van der Waals surface area contributed by atoms with Crippen molar-refractivity contribution in [3.05, 3.63) is 83.9 Å². The number of ether oxygens (including phenoxy) is 1. The first-order chi connectivity index (χ1) is 21.9. The molecule has 10 nitrogen and oxygen atoms in total. The summed E-state index contributed by atoms with van der Waals surface area (Å²) in [6, 6.07) is 23.2. The molecule has 45 heavy (non-hydrogen) atoms. The van der Waals surface area contributed by atoms with Gasteiger partial charge < -0.3 is 39.2 Å². The first-order valence-corrected chi connectivity index (χ1v) is 15.3. The summed E-state index contributed by atoms with van der Waals surface area (Å²) in [7, 11) is 0. The average Bonchev–Trinajstić information content (AvgIpc) is 3.67. The maximum atomic E-state index is 13.3. The van der Waals surface area contributed by atoms with E-state index in [-0.39, 0.29) is 31.4 Å². The molecule has 1 fully saturated rings. The molecule has 6 aromatic rings. The van der Waals surface area contributed by atoms with E-state index in [1.165, 1.54) is 0 Å². The second-order valence-electron chi connectivity index (χ2n) is 12.5. The molecular formula is C35H31N5O5. The predicted molar refractivity (Wildman–Crippen MR) is 172 cm³/mol. The third-order valence-corrected chi connectivity index (χ3v) is 9.79. The van der Waals surface area contributed by atoms with Crippen molar-refractivity contribution in [3.63, 3.8) is 0 Å². The lowest BCUT2D eigenvalue weighted by Crippen LogP contribution is -2.50. The zero-order valence-corrected chi connectivity index (χ0v) is 24.5. The van der Waals surface area contributed by atoms with Crippen molar-refractivity contribution in [1.82, 2.24) is 19.4 Å². The molecule has 3 aliphatic heterocycles. The van der Waals surface area contributed by atoms with E-state index in [2.05, 4.69) is 31.5 Å². The van der Waals surface area contributed by atoms with E-state index in [9.17, 15) is 19.8 Å². The van der Waals surface area contributed by atoms with Crippen LogP contribution in [0.15, 0.2) is 72.8 Å². The van der Waals surface area contributed by atoms with Crippen LogP contribution in [-0.2, 0) is 24.4 Å². The lowest BCUT2D eigenvalue weighted by Gasteiger charge is -2.36. The highest BCUT2D eigenvalue weighted by atomic mass is 16.6. The Balaban J connectivity index is 1.09. The fourth-order valence-corrected chi connectivity index (χ4v) is 7.77. The summed E-state index contributed by atoms with van der Waals surface area (Å²) in [6.45, 7) is 2.95. The Hall–Kier alpha value is -5.22. The fourth-order valence-electron chi connectivity index (χ4n) is 7.77. The number of benzene rings is 4. The Bertz CT molecular complexity index is 2210. The Morgan fingerprint density at radius 1 is 0.822 bits per heavy atom. The van der Waals surface area contributed by atoms with Crippen LogP contribution in [0.5, 0.6) is 5.75 Å². The second kappa shape index (κ2) is 9.39. The van der Waals surface area contributed by atoms with Gasteiger partial charge in [-0.1, -0.05) is 36.4 Å². The molecular weight excluding hydrogens is 570 g/mol. The van der Waals surface area contributed by atoms with Crippen LogP contribution >= 0.6 is 0 Å². The van der Waals surface area contributed by atoms with Crippen LogP contribution < -0.4 is 10.2 Å². The molecule has 1 saturated heterocycles. The van der Waals surface area contributed by atoms with Crippen LogP contribution in [-0.4, -0.2) is 74.6 Å². The lowest BCUT2D eigenvalue weighted by molar-refractivity contribution is -0.0485. The first kappa shape index (κ1) is 26.2. The van der Waals surface area contributed by atoms with Gasteiger partial charge in [-0.3, -0.25) is 4.79 Å². The highest BCUT2D eigenvalue weighted by Crippen LogP contribution is 2.46. The van der Waals surface area contributed by atoms with E-state index in [1.807, 2.05) is 48.5 Å². The summed E-state index contributed by atoms with van der Waals surface area (Å²) >= 11 is 0. The number of phenols is 1. The van der Waals surface area contributed by atoms with E-state index in [1.54, 1.807) is 17.0 Å². The summed E-state index contributed by atoms with van der Waals surface area (Å²) in [5, 5.41) is 29.0. The summed E-state index contributed by atoms with van der Waals surface area (Å²) in [6.07, 6.45) is -0.448. The normalized spacial score (nSPS) is 19.5. The predicted octanol–water partition coefficient (Wildman–Crippen LogP) is 4.55. The SMILES string of the molecule is O=C1NCc2c1c1c3ccccc3n3c1c1c2c2ccccc2n1CC(O)(COC(=O)N1CCN(c2ccc(O)cc2)CC1)C3. The number of aliphatic hydroxyl groups is 1. The molecule has 0 bridgehead atoms. The molecule has 1 atom stereocenters. The average molecular weight is 602 g/mol. The van der Waals surface area contributed by atoms with Gasteiger partial charge >= 0.3 is 6.09 Å². The van der Waals surface area contributed by atoms with Gasteiger partial charge in [-0.05, 0) is 42.0 Å². The molecule has 3 N–H and O–H groups in total. The number of para-hydroxylation sites is 2. The van der Waals surface area contributed by atoms with Gasteiger partial charge in [0, 0.05) is 71.0 Å². The molecule has 5 heterocycles. The summed E-state index contributed by atoms with van der Waals surface area (Å²) < 4.78 is 10.2. The minimum atomic E-state index is -1.42. The van der Waals surface area contributed by atoms with Gasteiger partial charge in [0.25, 0.3) is 5.91 Å². The van der Waals surface area contributed by atoms with Crippen molar-refractivity contribution in [3.8, 4) is 5.75 Å². The van der Waals surface area contributed by atoms with Gasteiger partial charge in [-0.25, -0.2) is 4.79 Å². The third-order valence-electron chi connectivity index (χ3n) is 9.79. The second-order valence-corrected chi connectivity index (χ2v) is 12.5. The van der Waals surface area contributed by atoms with Crippen molar-refractivity contribution in [2.75, 3.05) is 37.7 Å². The van der Waals surface area contributed by atoms with Crippen LogP contribution in [0.2, 0.25) is 0 Å². The Kier molecular flexibility index (Phi) is 5.47. The Morgan fingerprint density at radius 3 is 2.09 bits per heavy atom. The number of rotatable bonds is 3. The number of phenolic OH excluding ortho intramolecular Hbond substituents is 1. The Labute approximate surface area is 257 Å². The zero-order valence-electron chi connectivity index (χ0n) is 24.5. The molecule has 4 aromatic carbocycles. The van der Waals surface area contributed by atoms with Crippen molar-refractivity contribution >= 4 is 61.3 Å². The van der Waals surface area contributed by atoms with Crippen LogP contribution in [0.1, 0.15) is 15.9 Å². The number of carbonyl (C=O) groups is 2. The van der Waals surface area contributed by atoms with Gasteiger partial charge in [0.15, 0.2) is 0 Å². The molecule has 3 aliphatic rings. The molecule has 10 heteroatoms.